The zero-order chi connectivity index (χ0) is 13.4. The van der Waals surface area contributed by atoms with E-state index in [1.54, 1.807) is 7.11 Å². The topological polar surface area (TPSA) is 53.1 Å². The molecule has 3 aliphatic rings. The van der Waals surface area contributed by atoms with E-state index in [9.17, 15) is 0 Å². The Labute approximate surface area is 117 Å². The number of nitrogens with zero attached hydrogens (tertiary/aromatic N) is 2. The van der Waals surface area contributed by atoms with Crippen molar-refractivity contribution in [3.63, 3.8) is 0 Å². The van der Waals surface area contributed by atoms with Crippen LogP contribution >= 0.6 is 0 Å². The maximum Gasteiger partial charge on any atom is 0.201 e. The number of rotatable bonds is 2. The molecule has 3 fully saturated rings. The number of hydrogen-bond donors (Lipinski definition) is 1. The summed E-state index contributed by atoms with van der Waals surface area (Å²) in [4.78, 5) is 4.54. The van der Waals surface area contributed by atoms with Gasteiger partial charge < -0.3 is 15.0 Å². The maximum absolute atomic E-state index is 6.21. The van der Waals surface area contributed by atoms with Gasteiger partial charge in [-0.1, -0.05) is 0 Å². The number of benzene rings is 1. The Morgan fingerprint density at radius 3 is 2.70 bits per heavy atom. The number of ether oxygens (including phenoxy) is 1. The van der Waals surface area contributed by atoms with Crippen molar-refractivity contribution in [1.82, 2.24) is 9.55 Å². The summed E-state index contributed by atoms with van der Waals surface area (Å²) in [5, 5.41) is 0. The van der Waals surface area contributed by atoms with Crippen LogP contribution in [0.15, 0.2) is 18.2 Å². The fraction of sp³-hybridized carbons (Fsp3) is 0.562. The molecule has 20 heavy (non-hydrogen) atoms. The first kappa shape index (κ1) is 11.0. The molecule has 4 atom stereocenters. The number of aromatic nitrogens is 2. The molecule has 4 nitrogen and oxygen atoms in total. The van der Waals surface area contributed by atoms with E-state index in [1.807, 2.05) is 12.1 Å². The van der Waals surface area contributed by atoms with Crippen molar-refractivity contribution in [1.29, 1.82) is 0 Å². The second-order valence-corrected chi connectivity index (χ2v) is 6.67. The number of nitrogens with two attached hydrogens (primary N) is 1. The maximum atomic E-state index is 6.21. The number of imidazole rings is 1. The Hall–Kier alpha value is -1.71. The van der Waals surface area contributed by atoms with E-state index in [4.69, 9.17) is 10.5 Å². The molecule has 3 aliphatic carbocycles. The SMILES string of the molecule is COc1ccc2c(c1)nc(N)n2C1C2C3CCC(C3)C21. The summed E-state index contributed by atoms with van der Waals surface area (Å²) in [7, 11) is 1.69. The van der Waals surface area contributed by atoms with Crippen LogP contribution in [0.3, 0.4) is 0 Å². The highest BCUT2D eigenvalue weighted by atomic mass is 16.5. The number of fused-ring (bicyclic) bond motifs is 6. The van der Waals surface area contributed by atoms with Gasteiger partial charge >= 0.3 is 0 Å². The zero-order valence-corrected chi connectivity index (χ0v) is 11.6. The summed E-state index contributed by atoms with van der Waals surface area (Å²) in [6, 6.07) is 6.70. The Balaban J connectivity index is 1.61. The molecule has 3 saturated carbocycles. The molecule has 0 amide bonds. The van der Waals surface area contributed by atoms with E-state index in [-0.39, 0.29) is 0 Å². The van der Waals surface area contributed by atoms with Crippen molar-refractivity contribution in [2.24, 2.45) is 23.7 Å². The average Bonchev–Trinajstić information content (AvgIpc) is 2.79. The Bertz CT molecular complexity index is 691. The molecule has 5 rings (SSSR count). The van der Waals surface area contributed by atoms with Crippen LogP contribution in [-0.2, 0) is 0 Å². The van der Waals surface area contributed by atoms with Crippen LogP contribution in [0.25, 0.3) is 11.0 Å². The quantitative estimate of drug-likeness (QED) is 0.912. The van der Waals surface area contributed by atoms with Gasteiger partial charge in [0.05, 0.1) is 18.1 Å². The second kappa shape index (κ2) is 3.48. The highest BCUT2D eigenvalue weighted by Gasteiger charge is 2.66. The van der Waals surface area contributed by atoms with Crippen LogP contribution in [-0.4, -0.2) is 16.7 Å². The molecule has 4 unspecified atom stereocenters. The summed E-state index contributed by atoms with van der Waals surface area (Å²) in [5.74, 6) is 5.16. The summed E-state index contributed by atoms with van der Waals surface area (Å²) in [6.45, 7) is 0. The second-order valence-electron chi connectivity index (χ2n) is 6.67. The third kappa shape index (κ3) is 1.20. The normalized spacial score (nSPS) is 37.4. The lowest BCUT2D eigenvalue weighted by atomic mass is 10.0. The summed E-state index contributed by atoms with van der Waals surface area (Å²) >= 11 is 0. The largest absolute Gasteiger partial charge is 0.497 e. The van der Waals surface area contributed by atoms with Crippen LogP contribution in [0, 0.1) is 23.7 Å². The summed E-state index contributed by atoms with van der Waals surface area (Å²) < 4.78 is 7.58. The highest BCUT2D eigenvalue weighted by Crippen LogP contribution is 2.72. The van der Waals surface area contributed by atoms with Gasteiger partial charge in [0, 0.05) is 12.1 Å². The minimum absolute atomic E-state index is 0.611. The lowest BCUT2D eigenvalue weighted by molar-refractivity contribution is 0.415. The highest BCUT2D eigenvalue weighted by molar-refractivity contribution is 5.80. The molecular weight excluding hydrogens is 250 g/mol. The number of anilines is 1. The lowest BCUT2D eigenvalue weighted by Gasteiger charge is -2.12. The van der Waals surface area contributed by atoms with Crippen molar-refractivity contribution in [2.75, 3.05) is 12.8 Å². The predicted octanol–water partition coefficient (Wildman–Crippen LogP) is 2.84. The minimum Gasteiger partial charge on any atom is -0.497 e. The fourth-order valence-electron chi connectivity index (χ4n) is 5.16. The van der Waals surface area contributed by atoms with Gasteiger partial charge in [-0.25, -0.2) is 4.98 Å². The molecule has 0 spiro atoms. The zero-order valence-electron chi connectivity index (χ0n) is 11.6. The molecule has 2 aromatic rings. The standard InChI is InChI=1S/C16H19N3O/c1-20-10-4-5-12-11(7-10)18-16(17)19(12)15-13-8-2-3-9(6-8)14(13)15/h4-5,7-9,13-15H,2-3,6H2,1H3,(H2,17,18). The molecule has 1 heterocycles. The third-order valence-electron chi connectivity index (χ3n) is 5.92. The molecule has 0 saturated heterocycles. The van der Waals surface area contributed by atoms with Gasteiger partial charge in [0.1, 0.15) is 5.75 Å². The van der Waals surface area contributed by atoms with Crippen LogP contribution in [0.4, 0.5) is 5.95 Å². The first-order valence-corrected chi connectivity index (χ1v) is 7.59. The molecule has 4 heteroatoms. The van der Waals surface area contributed by atoms with Crippen LogP contribution in [0.2, 0.25) is 0 Å². The summed E-state index contributed by atoms with van der Waals surface area (Å²) in [5.41, 5.74) is 8.34. The number of hydrogen-bond acceptors (Lipinski definition) is 3. The number of nitrogen functional groups attached to an aromatic ring is 1. The van der Waals surface area contributed by atoms with Crippen LogP contribution in [0.1, 0.15) is 25.3 Å². The Morgan fingerprint density at radius 2 is 2.00 bits per heavy atom. The first-order chi connectivity index (χ1) is 9.78. The van der Waals surface area contributed by atoms with Crippen molar-refractivity contribution >= 4 is 17.0 Å². The fourth-order valence-corrected chi connectivity index (χ4v) is 5.16. The van der Waals surface area contributed by atoms with Crippen molar-refractivity contribution in [3.8, 4) is 5.75 Å². The van der Waals surface area contributed by atoms with E-state index in [0.717, 1.165) is 34.9 Å². The van der Waals surface area contributed by atoms with Crippen molar-refractivity contribution in [3.05, 3.63) is 18.2 Å². The van der Waals surface area contributed by atoms with E-state index in [2.05, 4.69) is 15.6 Å². The molecular formula is C16H19N3O. The van der Waals surface area contributed by atoms with Gasteiger partial charge in [0.2, 0.25) is 5.95 Å². The van der Waals surface area contributed by atoms with E-state index in [1.165, 1.54) is 24.8 Å². The monoisotopic (exact) mass is 269 g/mol. The summed E-state index contributed by atoms with van der Waals surface area (Å²) in [6.07, 6.45) is 4.33. The van der Waals surface area contributed by atoms with Crippen LogP contribution < -0.4 is 10.5 Å². The minimum atomic E-state index is 0.611. The van der Waals surface area contributed by atoms with Crippen LogP contribution in [0.5, 0.6) is 5.75 Å². The van der Waals surface area contributed by atoms with Crippen molar-refractivity contribution < 1.29 is 4.74 Å². The molecule has 0 radical (unpaired) electrons. The molecule has 104 valence electrons. The van der Waals surface area contributed by atoms with E-state index >= 15 is 0 Å². The smallest absolute Gasteiger partial charge is 0.201 e. The van der Waals surface area contributed by atoms with Gasteiger partial charge in [0.25, 0.3) is 0 Å². The molecule has 1 aromatic carbocycles. The first-order valence-electron chi connectivity index (χ1n) is 7.59. The Kier molecular flexibility index (Phi) is 1.92. The van der Waals surface area contributed by atoms with Gasteiger partial charge in [-0.05, 0) is 55.1 Å². The Morgan fingerprint density at radius 1 is 1.25 bits per heavy atom. The van der Waals surface area contributed by atoms with Gasteiger partial charge in [-0.15, -0.1) is 0 Å². The van der Waals surface area contributed by atoms with E-state index < -0.39 is 0 Å². The average molecular weight is 269 g/mol. The van der Waals surface area contributed by atoms with Gasteiger partial charge in [-0.3, -0.25) is 0 Å². The third-order valence-corrected chi connectivity index (χ3v) is 5.92. The van der Waals surface area contributed by atoms with Gasteiger partial charge in [-0.2, -0.15) is 0 Å². The van der Waals surface area contributed by atoms with Gasteiger partial charge in [0.15, 0.2) is 0 Å². The van der Waals surface area contributed by atoms with E-state index in [0.29, 0.717) is 12.0 Å². The molecule has 2 N–H and O–H groups in total. The molecule has 1 aromatic heterocycles. The molecule has 2 bridgehead atoms. The molecule has 0 aliphatic heterocycles. The number of methoxy groups -OCH3 is 1. The lowest BCUT2D eigenvalue weighted by Crippen LogP contribution is -2.08. The van der Waals surface area contributed by atoms with Crippen molar-refractivity contribution in [2.45, 2.75) is 25.3 Å². The predicted molar refractivity (Wildman–Crippen MR) is 77.5 cm³/mol.